The normalized spacial score (nSPS) is 10.9. The van der Waals surface area contributed by atoms with Gasteiger partial charge in [0.05, 0.1) is 27.9 Å². The number of aromatic amines is 1. The Morgan fingerprint density at radius 1 is 0.906 bits per heavy atom. The first-order chi connectivity index (χ1) is 15.6. The molecular weight excluding hydrogens is 404 g/mol. The molecule has 2 aromatic heterocycles. The van der Waals surface area contributed by atoms with E-state index in [0.29, 0.717) is 39.4 Å². The Bertz CT molecular complexity index is 1430. The van der Waals surface area contributed by atoms with Crippen molar-refractivity contribution in [3.63, 3.8) is 0 Å². The minimum absolute atomic E-state index is 0.171. The highest BCUT2D eigenvalue weighted by Gasteiger charge is 2.18. The number of fused-ring (bicyclic) bond motifs is 1. The summed E-state index contributed by atoms with van der Waals surface area (Å²) >= 11 is 0. The molecule has 5 aromatic rings. The van der Waals surface area contributed by atoms with Gasteiger partial charge in [0.1, 0.15) is 11.5 Å². The number of nitrogens with one attached hydrogen (secondary N) is 1. The van der Waals surface area contributed by atoms with Gasteiger partial charge in [-0.1, -0.05) is 36.4 Å². The molecule has 156 valence electrons. The van der Waals surface area contributed by atoms with E-state index in [9.17, 15) is 9.90 Å². The van der Waals surface area contributed by atoms with Crippen molar-refractivity contribution in [2.24, 2.45) is 0 Å². The first kappa shape index (κ1) is 19.3. The van der Waals surface area contributed by atoms with Gasteiger partial charge in [-0.2, -0.15) is 5.10 Å². The van der Waals surface area contributed by atoms with Gasteiger partial charge in [0, 0.05) is 11.1 Å². The number of carbonyl (C=O) groups is 1. The van der Waals surface area contributed by atoms with E-state index in [-0.39, 0.29) is 5.56 Å². The summed E-state index contributed by atoms with van der Waals surface area (Å²) in [5.41, 5.74) is 9.39. The number of carboxylic acids is 1. The molecule has 0 aliphatic heterocycles. The lowest BCUT2D eigenvalue weighted by molar-refractivity contribution is 0.0697. The van der Waals surface area contributed by atoms with Crippen LogP contribution in [0.5, 0.6) is 11.5 Å². The minimum atomic E-state index is -1.02. The number of nitrogen functional groups attached to an aromatic ring is 1. The molecule has 0 aliphatic carbocycles. The second-order valence-corrected chi connectivity index (χ2v) is 7.18. The molecule has 0 bridgehead atoms. The van der Waals surface area contributed by atoms with E-state index in [1.165, 1.54) is 0 Å². The molecular formula is C25H18N4O3. The number of para-hydroxylation sites is 1. The maximum absolute atomic E-state index is 11.7. The summed E-state index contributed by atoms with van der Waals surface area (Å²) in [7, 11) is 0. The summed E-state index contributed by atoms with van der Waals surface area (Å²) in [6.45, 7) is 0. The number of aromatic carboxylic acids is 1. The highest BCUT2D eigenvalue weighted by atomic mass is 16.5. The van der Waals surface area contributed by atoms with Gasteiger partial charge in [0.15, 0.2) is 5.82 Å². The van der Waals surface area contributed by atoms with Crippen molar-refractivity contribution in [2.75, 3.05) is 5.73 Å². The van der Waals surface area contributed by atoms with Crippen molar-refractivity contribution in [3.05, 3.63) is 90.5 Å². The minimum Gasteiger partial charge on any atom is -0.478 e. The van der Waals surface area contributed by atoms with E-state index in [1.807, 2.05) is 54.6 Å². The lowest BCUT2D eigenvalue weighted by Crippen LogP contribution is -2.01. The summed E-state index contributed by atoms with van der Waals surface area (Å²) in [5.74, 6) is 0.733. The highest BCUT2D eigenvalue weighted by molar-refractivity contribution is 6.03. The predicted molar refractivity (Wildman–Crippen MR) is 123 cm³/mol. The van der Waals surface area contributed by atoms with Crippen molar-refractivity contribution in [3.8, 4) is 34.0 Å². The zero-order valence-electron chi connectivity index (χ0n) is 16.8. The van der Waals surface area contributed by atoms with Crippen molar-refractivity contribution >= 4 is 22.7 Å². The Morgan fingerprint density at radius 2 is 1.59 bits per heavy atom. The average Bonchev–Trinajstić information content (AvgIpc) is 3.20. The van der Waals surface area contributed by atoms with Crippen LogP contribution in [0.15, 0.2) is 84.9 Å². The molecule has 0 amide bonds. The first-order valence-corrected chi connectivity index (χ1v) is 9.91. The van der Waals surface area contributed by atoms with Gasteiger partial charge in [-0.15, -0.1) is 0 Å². The van der Waals surface area contributed by atoms with Crippen LogP contribution in [0.3, 0.4) is 0 Å². The number of carboxylic acid groups (broad SMARTS) is 1. The molecule has 0 unspecified atom stereocenters. The van der Waals surface area contributed by atoms with E-state index < -0.39 is 5.97 Å². The van der Waals surface area contributed by atoms with E-state index >= 15 is 0 Å². The first-order valence-electron chi connectivity index (χ1n) is 9.91. The maximum Gasteiger partial charge on any atom is 0.336 e. The van der Waals surface area contributed by atoms with Crippen LogP contribution in [0.1, 0.15) is 10.4 Å². The van der Waals surface area contributed by atoms with Crippen LogP contribution in [-0.4, -0.2) is 26.3 Å². The van der Waals surface area contributed by atoms with Crippen molar-refractivity contribution in [2.45, 2.75) is 0 Å². The molecule has 7 nitrogen and oxygen atoms in total. The topological polar surface area (TPSA) is 114 Å². The van der Waals surface area contributed by atoms with Crippen molar-refractivity contribution in [1.29, 1.82) is 0 Å². The number of benzene rings is 3. The van der Waals surface area contributed by atoms with Crippen LogP contribution in [0, 0.1) is 0 Å². The number of ether oxygens (including phenoxy) is 1. The van der Waals surface area contributed by atoms with Gasteiger partial charge < -0.3 is 15.6 Å². The number of hydrogen-bond donors (Lipinski definition) is 3. The number of anilines is 1. The molecule has 32 heavy (non-hydrogen) atoms. The Labute approximate surface area is 183 Å². The van der Waals surface area contributed by atoms with Crippen molar-refractivity contribution < 1.29 is 14.6 Å². The molecule has 3 aromatic carbocycles. The van der Waals surface area contributed by atoms with Crippen LogP contribution < -0.4 is 10.5 Å². The van der Waals surface area contributed by atoms with Crippen molar-refractivity contribution in [1.82, 2.24) is 15.2 Å². The summed E-state index contributed by atoms with van der Waals surface area (Å²) < 4.78 is 5.87. The van der Waals surface area contributed by atoms with Crippen LogP contribution in [-0.2, 0) is 0 Å². The fourth-order valence-corrected chi connectivity index (χ4v) is 3.61. The number of aromatic nitrogens is 3. The molecule has 0 radical (unpaired) electrons. The largest absolute Gasteiger partial charge is 0.478 e. The number of H-pyrrole nitrogens is 1. The molecule has 2 heterocycles. The van der Waals surface area contributed by atoms with Crippen LogP contribution in [0.25, 0.3) is 33.4 Å². The molecule has 4 N–H and O–H groups in total. The number of nitrogens with zero attached hydrogens (tertiary/aromatic N) is 2. The fourth-order valence-electron chi connectivity index (χ4n) is 3.61. The second kappa shape index (κ2) is 7.88. The van der Waals surface area contributed by atoms with E-state index in [2.05, 4.69) is 10.2 Å². The van der Waals surface area contributed by atoms with Gasteiger partial charge in [-0.3, -0.25) is 5.10 Å². The molecule has 0 fully saturated rings. The number of rotatable bonds is 5. The van der Waals surface area contributed by atoms with Crippen LogP contribution >= 0.6 is 0 Å². The van der Waals surface area contributed by atoms with Gasteiger partial charge in [-0.05, 0) is 48.5 Å². The van der Waals surface area contributed by atoms with Gasteiger partial charge >= 0.3 is 5.97 Å². The standard InChI is InChI=1S/C25H18N4O3/c26-24-22-21(28-29-24)14-20(18-8-4-5-9-19(18)25(30)31)27-23(22)15-10-12-17(13-11-15)32-16-6-2-1-3-7-16/h1-14H,(H,30,31)(H3,26,28,29). The molecule has 0 aliphatic rings. The zero-order chi connectivity index (χ0) is 22.1. The smallest absolute Gasteiger partial charge is 0.336 e. The Balaban J connectivity index is 1.61. The third-order valence-corrected chi connectivity index (χ3v) is 5.11. The molecule has 0 atom stereocenters. The number of hydrogen-bond acceptors (Lipinski definition) is 5. The lowest BCUT2D eigenvalue weighted by Gasteiger charge is -2.11. The predicted octanol–water partition coefficient (Wildman–Crippen LogP) is 5.36. The highest BCUT2D eigenvalue weighted by Crippen LogP contribution is 2.35. The molecule has 0 spiro atoms. The monoisotopic (exact) mass is 422 g/mol. The molecule has 0 saturated carbocycles. The van der Waals surface area contributed by atoms with Crippen LogP contribution in [0.2, 0.25) is 0 Å². The molecule has 0 saturated heterocycles. The number of nitrogens with two attached hydrogens (primary N) is 1. The lowest BCUT2D eigenvalue weighted by atomic mass is 10.0. The SMILES string of the molecule is Nc1n[nH]c2cc(-c3ccccc3C(=O)O)nc(-c3ccc(Oc4ccccc4)cc3)c12. The maximum atomic E-state index is 11.7. The van der Waals surface area contributed by atoms with Gasteiger partial charge in [0.25, 0.3) is 0 Å². The zero-order valence-corrected chi connectivity index (χ0v) is 16.8. The summed E-state index contributed by atoms with van der Waals surface area (Å²) in [4.78, 5) is 16.5. The molecule has 5 rings (SSSR count). The third kappa shape index (κ3) is 3.52. The Morgan fingerprint density at radius 3 is 2.34 bits per heavy atom. The van der Waals surface area contributed by atoms with Crippen LogP contribution in [0.4, 0.5) is 5.82 Å². The number of pyridine rings is 1. The van der Waals surface area contributed by atoms with E-state index in [1.54, 1.807) is 30.3 Å². The Kier molecular flexibility index (Phi) is 4.76. The quantitative estimate of drug-likeness (QED) is 0.351. The van der Waals surface area contributed by atoms with Gasteiger partial charge in [0.2, 0.25) is 0 Å². The Hall–Kier alpha value is -4.65. The summed E-state index contributed by atoms with van der Waals surface area (Å²) in [6, 6.07) is 25.5. The average molecular weight is 422 g/mol. The molecule has 7 heteroatoms. The van der Waals surface area contributed by atoms with Gasteiger partial charge in [-0.25, -0.2) is 9.78 Å². The van der Waals surface area contributed by atoms with E-state index in [4.69, 9.17) is 15.5 Å². The second-order valence-electron chi connectivity index (χ2n) is 7.18. The third-order valence-electron chi connectivity index (χ3n) is 5.11. The fraction of sp³-hybridized carbons (Fsp3) is 0. The summed E-state index contributed by atoms with van der Waals surface area (Å²) in [5, 5.41) is 17.3. The van der Waals surface area contributed by atoms with E-state index in [0.717, 1.165) is 11.3 Å². The summed E-state index contributed by atoms with van der Waals surface area (Å²) in [6.07, 6.45) is 0.